The maximum atomic E-state index is 11.0. The number of nitro groups is 1. The normalized spacial score (nSPS) is 19.4. The van der Waals surface area contributed by atoms with Gasteiger partial charge in [0, 0.05) is 24.7 Å². The van der Waals surface area contributed by atoms with Crippen LogP contribution in [0.4, 0.5) is 11.4 Å². The highest BCUT2D eigenvalue weighted by molar-refractivity contribution is 5.64. The summed E-state index contributed by atoms with van der Waals surface area (Å²) >= 11 is 0. The molecule has 0 radical (unpaired) electrons. The Morgan fingerprint density at radius 3 is 2.95 bits per heavy atom. The molecule has 1 N–H and O–H groups in total. The minimum absolute atomic E-state index is 0.0847. The van der Waals surface area contributed by atoms with Gasteiger partial charge < -0.3 is 15.0 Å². The number of likely N-dealkylation sites (tertiary alicyclic amines) is 1. The highest BCUT2D eigenvalue weighted by Gasteiger charge is 2.22. The summed E-state index contributed by atoms with van der Waals surface area (Å²) in [4.78, 5) is 12.9. The third-order valence-electron chi connectivity index (χ3n) is 3.60. The Morgan fingerprint density at radius 2 is 2.37 bits per heavy atom. The number of likely N-dealkylation sites (N-methyl/N-ethyl adjacent to an activating group) is 1. The highest BCUT2D eigenvalue weighted by atomic mass is 16.6. The molecule has 1 aromatic carbocycles. The average Bonchev–Trinajstić information content (AvgIpc) is 2.81. The molecule has 6 nitrogen and oxygen atoms in total. The fraction of sp³-hybridized carbons (Fsp3) is 0.538. The van der Waals surface area contributed by atoms with Gasteiger partial charge in [-0.3, -0.25) is 10.1 Å². The molecule has 6 heteroatoms. The monoisotopic (exact) mass is 265 g/mol. The number of rotatable bonds is 5. The summed E-state index contributed by atoms with van der Waals surface area (Å²) in [6.07, 6.45) is 2.31. The van der Waals surface area contributed by atoms with Crippen molar-refractivity contribution in [2.45, 2.75) is 18.9 Å². The van der Waals surface area contributed by atoms with Gasteiger partial charge in [0.25, 0.3) is 5.69 Å². The quantitative estimate of drug-likeness (QED) is 0.652. The second-order valence-electron chi connectivity index (χ2n) is 4.80. The van der Waals surface area contributed by atoms with Gasteiger partial charge >= 0.3 is 0 Å². The van der Waals surface area contributed by atoms with Crippen LogP contribution in [-0.4, -0.2) is 43.1 Å². The van der Waals surface area contributed by atoms with Crippen LogP contribution in [0.2, 0.25) is 0 Å². The number of benzene rings is 1. The van der Waals surface area contributed by atoms with E-state index in [9.17, 15) is 10.1 Å². The maximum absolute atomic E-state index is 11.0. The predicted molar refractivity (Wildman–Crippen MR) is 73.8 cm³/mol. The summed E-state index contributed by atoms with van der Waals surface area (Å²) in [6, 6.07) is 5.18. The van der Waals surface area contributed by atoms with Crippen LogP contribution in [0.1, 0.15) is 12.8 Å². The molecule has 0 aliphatic carbocycles. The van der Waals surface area contributed by atoms with E-state index in [0.717, 1.165) is 13.0 Å². The van der Waals surface area contributed by atoms with Crippen LogP contribution in [0.5, 0.6) is 5.75 Å². The average molecular weight is 265 g/mol. The number of nitrogens with zero attached hydrogens (tertiary/aromatic N) is 2. The molecule has 2 rings (SSSR count). The van der Waals surface area contributed by atoms with Crippen molar-refractivity contribution in [1.82, 2.24) is 4.90 Å². The van der Waals surface area contributed by atoms with Crippen molar-refractivity contribution in [1.29, 1.82) is 0 Å². The zero-order chi connectivity index (χ0) is 13.8. The Bertz CT molecular complexity index is 464. The Hall–Kier alpha value is -1.82. The number of hydrogen-bond acceptors (Lipinski definition) is 5. The first-order chi connectivity index (χ1) is 9.11. The van der Waals surface area contributed by atoms with E-state index < -0.39 is 0 Å². The Labute approximate surface area is 112 Å². The van der Waals surface area contributed by atoms with Crippen LogP contribution in [0.25, 0.3) is 0 Å². The van der Waals surface area contributed by atoms with E-state index in [1.54, 1.807) is 19.2 Å². The SMILES string of the molecule is COc1ccc([N+](=O)[O-])c(NCC2CCCN2C)c1. The number of anilines is 1. The second kappa shape index (κ2) is 5.88. The van der Waals surface area contributed by atoms with E-state index in [0.29, 0.717) is 24.0 Å². The van der Waals surface area contributed by atoms with Crippen molar-refractivity contribution in [3.05, 3.63) is 28.3 Å². The van der Waals surface area contributed by atoms with E-state index in [4.69, 9.17) is 4.74 Å². The van der Waals surface area contributed by atoms with Crippen molar-refractivity contribution in [2.24, 2.45) is 0 Å². The van der Waals surface area contributed by atoms with Crippen LogP contribution in [0.15, 0.2) is 18.2 Å². The van der Waals surface area contributed by atoms with Crippen molar-refractivity contribution in [3.63, 3.8) is 0 Å². The molecule has 1 aliphatic heterocycles. The zero-order valence-corrected chi connectivity index (χ0v) is 11.3. The van der Waals surface area contributed by atoms with Gasteiger partial charge in [-0.2, -0.15) is 0 Å². The standard InChI is InChI=1S/C13H19N3O3/c1-15-7-3-4-10(15)9-14-12-8-11(19-2)5-6-13(12)16(17)18/h5-6,8,10,14H,3-4,7,9H2,1-2H3. The van der Waals surface area contributed by atoms with Crippen molar-refractivity contribution < 1.29 is 9.66 Å². The van der Waals surface area contributed by atoms with Gasteiger partial charge in [-0.05, 0) is 32.5 Å². The fourth-order valence-corrected chi connectivity index (χ4v) is 2.41. The Morgan fingerprint density at radius 1 is 1.58 bits per heavy atom. The van der Waals surface area contributed by atoms with Gasteiger partial charge in [-0.25, -0.2) is 0 Å². The summed E-state index contributed by atoms with van der Waals surface area (Å²) in [5.74, 6) is 0.618. The smallest absolute Gasteiger partial charge is 0.292 e. The lowest BCUT2D eigenvalue weighted by molar-refractivity contribution is -0.384. The van der Waals surface area contributed by atoms with Gasteiger partial charge in [0.15, 0.2) is 0 Å². The number of nitrogens with one attached hydrogen (secondary N) is 1. The number of ether oxygens (including phenoxy) is 1. The number of methoxy groups -OCH3 is 1. The van der Waals surface area contributed by atoms with Crippen LogP contribution in [0, 0.1) is 10.1 Å². The molecular weight excluding hydrogens is 246 g/mol. The lowest BCUT2D eigenvalue weighted by Crippen LogP contribution is -2.31. The van der Waals surface area contributed by atoms with Crippen molar-refractivity contribution in [3.8, 4) is 5.75 Å². The first-order valence-corrected chi connectivity index (χ1v) is 6.38. The first-order valence-electron chi connectivity index (χ1n) is 6.38. The molecular formula is C13H19N3O3. The molecule has 0 amide bonds. The van der Waals surface area contributed by atoms with Gasteiger partial charge in [-0.15, -0.1) is 0 Å². The molecule has 0 bridgehead atoms. The van der Waals surface area contributed by atoms with E-state index in [1.807, 2.05) is 0 Å². The molecule has 0 spiro atoms. The molecule has 1 unspecified atom stereocenters. The van der Waals surface area contributed by atoms with Gasteiger partial charge in [0.1, 0.15) is 11.4 Å². The molecule has 1 fully saturated rings. The van der Waals surface area contributed by atoms with Crippen LogP contribution >= 0.6 is 0 Å². The maximum Gasteiger partial charge on any atom is 0.292 e. The molecule has 1 aliphatic rings. The molecule has 1 heterocycles. The van der Waals surface area contributed by atoms with Crippen LogP contribution in [-0.2, 0) is 0 Å². The largest absolute Gasteiger partial charge is 0.497 e. The molecule has 1 aromatic rings. The summed E-state index contributed by atoms with van der Waals surface area (Å²) in [6.45, 7) is 1.80. The number of hydrogen-bond donors (Lipinski definition) is 1. The second-order valence-corrected chi connectivity index (χ2v) is 4.80. The first kappa shape index (κ1) is 13.6. The lowest BCUT2D eigenvalue weighted by atomic mass is 10.2. The Balaban J connectivity index is 2.10. The van der Waals surface area contributed by atoms with Crippen LogP contribution < -0.4 is 10.1 Å². The predicted octanol–water partition coefficient (Wildman–Crippen LogP) is 2.11. The molecule has 1 atom stereocenters. The highest BCUT2D eigenvalue weighted by Crippen LogP contribution is 2.29. The summed E-state index contributed by atoms with van der Waals surface area (Å²) < 4.78 is 5.11. The number of nitro benzene ring substituents is 1. The summed E-state index contributed by atoms with van der Waals surface area (Å²) in [7, 11) is 3.63. The summed E-state index contributed by atoms with van der Waals surface area (Å²) in [5.41, 5.74) is 0.603. The molecule has 104 valence electrons. The minimum Gasteiger partial charge on any atom is -0.497 e. The van der Waals surface area contributed by atoms with E-state index in [-0.39, 0.29) is 10.6 Å². The molecule has 0 aromatic heterocycles. The van der Waals surface area contributed by atoms with E-state index in [1.165, 1.54) is 12.5 Å². The Kier molecular flexibility index (Phi) is 4.21. The van der Waals surface area contributed by atoms with Crippen molar-refractivity contribution in [2.75, 3.05) is 32.6 Å². The van der Waals surface area contributed by atoms with Gasteiger partial charge in [0.05, 0.1) is 12.0 Å². The zero-order valence-electron chi connectivity index (χ0n) is 11.3. The third kappa shape index (κ3) is 3.14. The molecule has 1 saturated heterocycles. The van der Waals surface area contributed by atoms with Gasteiger partial charge in [-0.1, -0.05) is 0 Å². The minimum atomic E-state index is -0.375. The topological polar surface area (TPSA) is 67.6 Å². The van der Waals surface area contributed by atoms with Crippen molar-refractivity contribution >= 4 is 11.4 Å². The molecule has 0 saturated carbocycles. The van der Waals surface area contributed by atoms with E-state index >= 15 is 0 Å². The van der Waals surface area contributed by atoms with Crippen LogP contribution in [0.3, 0.4) is 0 Å². The third-order valence-corrected chi connectivity index (χ3v) is 3.60. The van der Waals surface area contributed by atoms with E-state index in [2.05, 4.69) is 17.3 Å². The summed E-state index contributed by atoms with van der Waals surface area (Å²) in [5, 5.41) is 14.2. The van der Waals surface area contributed by atoms with Gasteiger partial charge in [0.2, 0.25) is 0 Å². The lowest BCUT2D eigenvalue weighted by Gasteiger charge is -2.20. The molecule has 19 heavy (non-hydrogen) atoms. The fourth-order valence-electron chi connectivity index (χ4n) is 2.41.